The van der Waals surface area contributed by atoms with Gasteiger partial charge in [0.15, 0.2) is 0 Å². The Morgan fingerprint density at radius 3 is 2.30 bits per heavy atom. The highest BCUT2D eigenvalue weighted by Gasteiger charge is 2.45. The normalized spacial score (nSPS) is 31.1. The van der Waals surface area contributed by atoms with E-state index in [1.807, 2.05) is 0 Å². The monoisotopic (exact) mass is 382 g/mol. The van der Waals surface area contributed by atoms with E-state index in [9.17, 15) is 40.2 Å². The summed E-state index contributed by atoms with van der Waals surface area (Å²) in [5.41, 5.74) is -0.980. The van der Waals surface area contributed by atoms with Crippen molar-refractivity contribution in [2.75, 3.05) is 6.61 Å². The molecule has 0 radical (unpaired) electrons. The Morgan fingerprint density at radius 2 is 1.67 bits per heavy atom. The van der Waals surface area contributed by atoms with Crippen molar-refractivity contribution >= 4 is 17.3 Å². The number of hydrogen-bond donors (Lipinski definition) is 6. The number of phenolic OH excluding ortho intramolecular Hbond substituents is 1. The minimum atomic E-state index is -1.74. The fraction of sp³-hybridized carbons (Fsp3) is 0.412. The molecule has 1 aromatic carbocycles. The molecular formula is C17H18O10. The molecule has 2 aliphatic rings. The molecule has 146 valence electrons. The van der Waals surface area contributed by atoms with Crippen LogP contribution in [-0.4, -0.2) is 79.5 Å². The molecule has 3 rings (SSSR count). The van der Waals surface area contributed by atoms with Crippen LogP contribution in [0.1, 0.15) is 22.8 Å². The predicted molar refractivity (Wildman–Crippen MR) is 87.1 cm³/mol. The molecule has 27 heavy (non-hydrogen) atoms. The van der Waals surface area contributed by atoms with Crippen molar-refractivity contribution < 1.29 is 49.7 Å². The predicted octanol–water partition coefficient (Wildman–Crippen LogP) is -1.37. The number of ketones is 2. The van der Waals surface area contributed by atoms with Crippen molar-refractivity contribution in [1.29, 1.82) is 0 Å². The summed E-state index contributed by atoms with van der Waals surface area (Å²) in [4.78, 5) is 24.4. The van der Waals surface area contributed by atoms with E-state index >= 15 is 0 Å². The number of aliphatic hydroxyl groups excluding tert-OH is 5. The van der Waals surface area contributed by atoms with Crippen LogP contribution >= 0.6 is 0 Å². The van der Waals surface area contributed by atoms with E-state index in [1.54, 1.807) is 0 Å². The van der Waals surface area contributed by atoms with Crippen molar-refractivity contribution in [2.24, 2.45) is 0 Å². The first-order valence-corrected chi connectivity index (χ1v) is 8.01. The van der Waals surface area contributed by atoms with Gasteiger partial charge in [-0.1, -0.05) is 0 Å². The van der Waals surface area contributed by atoms with E-state index in [0.717, 1.165) is 12.1 Å². The van der Waals surface area contributed by atoms with Crippen molar-refractivity contribution in [2.45, 2.75) is 37.6 Å². The molecule has 1 aliphatic carbocycles. The van der Waals surface area contributed by atoms with Gasteiger partial charge in [-0.05, 0) is 19.1 Å². The number of carbonyl (C=O) groups excluding carboxylic acids is 2. The summed E-state index contributed by atoms with van der Waals surface area (Å²) in [6.07, 6.45) is -7.90. The third kappa shape index (κ3) is 2.97. The second-order valence-electron chi connectivity index (χ2n) is 6.28. The van der Waals surface area contributed by atoms with Gasteiger partial charge in [-0.25, -0.2) is 0 Å². The molecule has 0 amide bonds. The Hall–Kier alpha value is -2.50. The number of aliphatic hydroxyl groups is 5. The summed E-state index contributed by atoms with van der Waals surface area (Å²) < 4.78 is 10.6. The number of carbonyl (C=O) groups is 2. The molecular weight excluding hydrogens is 364 g/mol. The molecule has 1 heterocycles. The summed E-state index contributed by atoms with van der Waals surface area (Å²) >= 11 is 0. The molecule has 5 atom stereocenters. The van der Waals surface area contributed by atoms with Crippen molar-refractivity contribution in [3.8, 4) is 11.5 Å². The van der Waals surface area contributed by atoms with Gasteiger partial charge >= 0.3 is 0 Å². The first-order chi connectivity index (χ1) is 12.7. The number of phenols is 1. The number of ether oxygens (including phenoxy) is 2. The fourth-order valence-corrected chi connectivity index (χ4v) is 3.00. The lowest BCUT2D eigenvalue weighted by atomic mass is 9.88. The van der Waals surface area contributed by atoms with E-state index in [2.05, 4.69) is 0 Å². The highest BCUT2D eigenvalue weighted by Crippen LogP contribution is 2.40. The largest absolute Gasteiger partial charge is 0.507 e. The second kappa shape index (κ2) is 6.91. The topological polar surface area (TPSA) is 174 Å². The third-order valence-corrected chi connectivity index (χ3v) is 4.60. The summed E-state index contributed by atoms with van der Waals surface area (Å²) in [7, 11) is 0. The number of allylic oxidation sites excluding steroid dienone is 1. The van der Waals surface area contributed by atoms with Crippen LogP contribution < -0.4 is 4.74 Å². The van der Waals surface area contributed by atoms with Gasteiger partial charge < -0.3 is 40.1 Å². The molecule has 0 saturated carbocycles. The van der Waals surface area contributed by atoms with Gasteiger partial charge in [0.05, 0.1) is 17.7 Å². The number of aromatic hydroxyl groups is 1. The second-order valence-corrected chi connectivity index (χ2v) is 6.28. The van der Waals surface area contributed by atoms with Crippen LogP contribution in [0.25, 0.3) is 5.76 Å². The van der Waals surface area contributed by atoms with Crippen LogP contribution in [0.5, 0.6) is 11.5 Å². The lowest BCUT2D eigenvalue weighted by Crippen LogP contribution is -2.60. The number of hydrogen-bond acceptors (Lipinski definition) is 10. The van der Waals surface area contributed by atoms with Crippen molar-refractivity contribution in [3.05, 3.63) is 28.8 Å². The quantitative estimate of drug-likeness (QED) is 0.342. The molecule has 1 aliphatic heterocycles. The van der Waals surface area contributed by atoms with Crippen LogP contribution in [0.15, 0.2) is 17.7 Å². The van der Waals surface area contributed by atoms with Gasteiger partial charge in [-0.15, -0.1) is 0 Å². The summed E-state index contributed by atoms with van der Waals surface area (Å²) in [6, 6.07) is 2.22. The first kappa shape index (κ1) is 19.3. The molecule has 6 N–H and O–H groups in total. The first-order valence-electron chi connectivity index (χ1n) is 8.01. The number of fused-ring (bicyclic) bond motifs is 1. The van der Waals surface area contributed by atoms with E-state index in [0.29, 0.717) is 0 Å². The molecule has 1 saturated heterocycles. The maximum Gasteiger partial charge on any atom is 0.237 e. The summed E-state index contributed by atoms with van der Waals surface area (Å²) in [5, 5.41) is 59.0. The van der Waals surface area contributed by atoms with Crippen LogP contribution in [-0.2, 0) is 9.53 Å². The van der Waals surface area contributed by atoms with Crippen LogP contribution in [0.2, 0.25) is 0 Å². The lowest BCUT2D eigenvalue weighted by molar-refractivity contribution is -0.277. The smallest absolute Gasteiger partial charge is 0.237 e. The standard InChI is InChI=1S/C17H18O10/c1-5-11(20)9-6(19)2-3-7(10(9)14(23)12(5)21)26-17-16(25)15(24)13(22)8(4-18)27-17/h2-3,8,13,15-20,22,24-25H,4H2,1H3/t8-,13-,15+,16-,17-/m1/s1. The number of benzene rings is 1. The zero-order chi connectivity index (χ0) is 20.0. The number of Topliss-reactive ketones (excluding diaryl/α,β-unsaturated/α-hetero) is 2. The SMILES string of the molecule is CC1=C(O)c2c(O)ccc(O[C@@H]3O[C@H](CO)[C@@H](O)[C@H](O)[C@H]3O)c2C(=O)C1=O. The summed E-state index contributed by atoms with van der Waals surface area (Å²) in [5.74, 6) is -3.40. The maximum atomic E-state index is 12.4. The van der Waals surface area contributed by atoms with Gasteiger partial charge in [0.25, 0.3) is 0 Å². The number of rotatable bonds is 3. The van der Waals surface area contributed by atoms with Crippen LogP contribution in [0.4, 0.5) is 0 Å². The van der Waals surface area contributed by atoms with E-state index in [4.69, 9.17) is 9.47 Å². The van der Waals surface area contributed by atoms with Crippen molar-refractivity contribution in [3.63, 3.8) is 0 Å². The Bertz CT molecular complexity index is 827. The van der Waals surface area contributed by atoms with Crippen LogP contribution in [0.3, 0.4) is 0 Å². The summed E-state index contributed by atoms with van der Waals surface area (Å²) in [6.45, 7) is 0.543. The Kier molecular flexibility index (Phi) is 4.93. The molecule has 1 aromatic rings. The van der Waals surface area contributed by atoms with Crippen molar-refractivity contribution in [1.82, 2.24) is 0 Å². The van der Waals surface area contributed by atoms with Gasteiger partial charge in [0.1, 0.15) is 41.7 Å². The zero-order valence-electron chi connectivity index (χ0n) is 14.1. The van der Waals surface area contributed by atoms with Gasteiger partial charge in [0, 0.05) is 5.57 Å². The maximum absolute atomic E-state index is 12.4. The molecule has 10 nitrogen and oxygen atoms in total. The molecule has 0 aromatic heterocycles. The molecule has 1 fully saturated rings. The average molecular weight is 382 g/mol. The lowest BCUT2D eigenvalue weighted by Gasteiger charge is -2.39. The Morgan fingerprint density at radius 1 is 1.00 bits per heavy atom. The van der Waals surface area contributed by atoms with Crippen LogP contribution in [0, 0.1) is 0 Å². The van der Waals surface area contributed by atoms with E-state index in [-0.39, 0.29) is 16.9 Å². The van der Waals surface area contributed by atoms with E-state index in [1.165, 1.54) is 6.92 Å². The molecule has 0 bridgehead atoms. The zero-order valence-corrected chi connectivity index (χ0v) is 14.1. The third-order valence-electron chi connectivity index (χ3n) is 4.60. The highest BCUT2D eigenvalue weighted by molar-refractivity contribution is 6.52. The average Bonchev–Trinajstić information content (AvgIpc) is 2.65. The van der Waals surface area contributed by atoms with Gasteiger partial charge in [-0.3, -0.25) is 9.59 Å². The Labute approximate surface area is 152 Å². The molecule has 0 unspecified atom stereocenters. The van der Waals surface area contributed by atoms with Gasteiger partial charge in [0.2, 0.25) is 17.9 Å². The minimum Gasteiger partial charge on any atom is -0.507 e. The fourth-order valence-electron chi connectivity index (χ4n) is 3.00. The van der Waals surface area contributed by atoms with E-state index < -0.39 is 66.0 Å². The highest BCUT2D eigenvalue weighted by atomic mass is 16.7. The van der Waals surface area contributed by atoms with Gasteiger partial charge in [-0.2, -0.15) is 0 Å². The molecule has 10 heteroatoms. The molecule has 0 spiro atoms. The Balaban J connectivity index is 2.03. The minimum absolute atomic E-state index is 0.243.